The molecule has 0 aliphatic carbocycles. The van der Waals surface area contributed by atoms with Gasteiger partial charge in [0, 0.05) is 6.07 Å². The van der Waals surface area contributed by atoms with Crippen LogP contribution in [0.4, 0.5) is 4.39 Å². The number of aromatic amines is 1. The summed E-state index contributed by atoms with van der Waals surface area (Å²) in [6, 6.07) is 12.1. The van der Waals surface area contributed by atoms with Crippen molar-refractivity contribution in [3.05, 3.63) is 53.1 Å². The number of benzene rings is 2. The largest absolute Gasteiger partial charge is 0.494 e. The summed E-state index contributed by atoms with van der Waals surface area (Å²) >= 11 is 5.33. The van der Waals surface area contributed by atoms with Gasteiger partial charge in [0.15, 0.2) is 4.77 Å². The molecule has 0 amide bonds. The molecule has 3 aromatic rings. The molecule has 5 heteroatoms. The summed E-state index contributed by atoms with van der Waals surface area (Å²) < 4.78 is 20.9. The van der Waals surface area contributed by atoms with Gasteiger partial charge in [0.05, 0.1) is 23.8 Å². The number of hydrogen-bond donors (Lipinski definition) is 1. The van der Waals surface area contributed by atoms with Gasteiger partial charge in [-0.1, -0.05) is 12.1 Å². The molecule has 1 heterocycles. The average Bonchev–Trinajstić information content (AvgIpc) is 2.74. The second-order valence-electron chi connectivity index (χ2n) is 4.10. The van der Waals surface area contributed by atoms with Crippen LogP contribution < -0.4 is 4.74 Å². The van der Waals surface area contributed by atoms with Crippen LogP contribution in [-0.4, -0.2) is 16.7 Å². The van der Waals surface area contributed by atoms with Crippen molar-refractivity contribution in [3.8, 4) is 11.4 Å². The number of halogens is 1. The van der Waals surface area contributed by atoms with Crippen LogP contribution in [0.5, 0.6) is 5.75 Å². The lowest BCUT2D eigenvalue weighted by molar-refractivity contribution is 0.409. The fourth-order valence-electron chi connectivity index (χ4n) is 2.13. The highest BCUT2D eigenvalue weighted by Gasteiger charge is 2.11. The van der Waals surface area contributed by atoms with Crippen LogP contribution >= 0.6 is 12.2 Å². The first-order valence-electron chi connectivity index (χ1n) is 5.74. The molecule has 0 bridgehead atoms. The van der Waals surface area contributed by atoms with E-state index >= 15 is 0 Å². The predicted octanol–water partition coefficient (Wildman–Crippen LogP) is 3.84. The van der Waals surface area contributed by atoms with Gasteiger partial charge in [-0.3, -0.25) is 4.57 Å². The van der Waals surface area contributed by atoms with E-state index in [1.54, 1.807) is 6.07 Å². The number of aromatic nitrogens is 2. The minimum absolute atomic E-state index is 0.341. The SMILES string of the molecule is COc1cc(F)ccc1-n1c(=S)[nH]c2ccccc21. The van der Waals surface area contributed by atoms with E-state index < -0.39 is 0 Å². The summed E-state index contributed by atoms with van der Waals surface area (Å²) in [7, 11) is 1.51. The van der Waals surface area contributed by atoms with E-state index in [2.05, 4.69) is 4.98 Å². The van der Waals surface area contributed by atoms with Crippen molar-refractivity contribution < 1.29 is 9.13 Å². The summed E-state index contributed by atoms with van der Waals surface area (Å²) in [4.78, 5) is 3.12. The van der Waals surface area contributed by atoms with Crippen molar-refractivity contribution >= 4 is 23.3 Å². The molecule has 96 valence electrons. The van der Waals surface area contributed by atoms with Gasteiger partial charge in [-0.05, 0) is 36.5 Å². The standard InChI is InChI=1S/C14H11FN2OS/c1-18-13-8-9(15)6-7-12(13)17-11-5-3-2-4-10(11)16-14(17)19/h2-8H,1H3,(H,16,19). The smallest absolute Gasteiger partial charge is 0.182 e. The molecule has 19 heavy (non-hydrogen) atoms. The molecule has 0 saturated heterocycles. The first kappa shape index (κ1) is 11.9. The maximum atomic E-state index is 13.3. The Morgan fingerprint density at radius 1 is 1.21 bits per heavy atom. The molecular formula is C14H11FN2OS. The van der Waals surface area contributed by atoms with Crippen LogP contribution in [0.2, 0.25) is 0 Å². The van der Waals surface area contributed by atoms with Crippen molar-refractivity contribution in [2.45, 2.75) is 0 Å². The van der Waals surface area contributed by atoms with Crippen LogP contribution in [0, 0.1) is 10.6 Å². The van der Waals surface area contributed by atoms with E-state index in [0.29, 0.717) is 16.2 Å². The van der Waals surface area contributed by atoms with Crippen molar-refractivity contribution in [1.29, 1.82) is 0 Å². The molecule has 3 rings (SSSR count). The van der Waals surface area contributed by atoms with Gasteiger partial charge in [0.25, 0.3) is 0 Å². The zero-order valence-corrected chi connectivity index (χ0v) is 11.0. The molecule has 0 aliphatic heterocycles. The number of hydrogen-bond acceptors (Lipinski definition) is 2. The average molecular weight is 274 g/mol. The highest BCUT2D eigenvalue weighted by Crippen LogP contribution is 2.27. The quantitative estimate of drug-likeness (QED) is 0.720. The number of nitrogens with one attached hydrogen (secondary N) is 1. The van der Waals surface area contributed by atoms with Crippen molar-refractivity contribution in [2.75, 3.05) is 7.11 Å². The van der Waals surface area contributed by atoms with Crippen molar-refractivity contribution in [2.24, 2.45) is 0 Å². The van der Waals surface area contributed by atoms with E-state index in [0.717, 1.165) is 11.0 Å². The van der Waals surface area contributed by atoms with E-state index in [1.807, 2.05) is 28.8 Å². The van der Waals surface area contributed by atoms with Crippen LogP contribution in [0.25, 0.3) is 16.7 Å². The van der Waals surface area contributed by atoms with Crippen LogP contribution in [-0.2, 0) is 0 Å². The Bertz CT molecular complexity index is 807. The second kappa shape index (κ2) is 4.51. The monoisotopic (exact) mass is 274 g/mol. The topological polar surface area (TPSA) is 29.9 Å². The summed E-state index contributed by atoms with van der Waals surface area (Å²) in [5.41, 5.74) is 2.57. The molecule has 0 radical (unpaired) electrons. The van der Waals surface area contributed by atoms with Gasteiger partial charge in [-0.25, -0.2) is 4.39 Å². The summed E-state index contributed by atoms with van der Waals surface area (Å²) in [6.07, 6.45) is 0. The lowest BCUT2D eigenvalue weighted by atomic mass is 10.2. The molecule has 0 atom stereocenters. The summed E-state index contributed by atoms with van der Waals surface area (Å²) in [5, 5.41) is 0. The van der Waals surface area contributed by atoms with Crippen LogP contribution in [0.15, 0.2) is 42.5 Å². The Kier molecular flexibility index (Phi) is 2.83. The Labute approximate surface area is 114 Å². The number of nitrogens with zero attached hydrogens (tertiary/aromatic N) is 1. The molecule has 0 fully saturated rings. The molecule has 2 aromatic carbocycles. The highest BCUT2D eigenvalue weighted by atomic mass is 32.1. The molecular weight excluding hydrogens is 263 g/mol. The fourth-order valence-corrected chi connectivity index (χ4v) is 2.44. The van der Waals surface area contributed by atoms with Crippen molar-refractivity contribution in [3.63, 3.8) is 0 Å². The minimum atomic E-state index is -0.341. The second-order valence-corrected chi connectivity index (χ2v) is 4.49. The Hall–Kier alpha value is -2.14. The van der Waals surface area contributed by atoms with Gasteiger partial charge in [0.2, 0.25) is 0 Å². The number of H-pyrrole nitrogens is 1. The maximum Gasteiger partial charge on any atom is 0.182 e. The lowest BCUT2D eigenvalue weighted by Crippen LogP contribution is -1.98. The molecule has 0 aliphatic rings. The number of para-hydroxylation sites is 2. The number of imidazole rings is 1. The number of rotatable bonds is 2. The van der Waals surface area contributed by atoms with Crippen LogP contribution in [0.3, 0.4) is 0 Å². The first-order chi connectivity index (χ1) is 9.20. The zero-order valence-electron chi connectivity index (χ0n) is 10.2. The third-order valence-electron chi connectivity index (χ3n) is 2.97. The van der Waals surface area contributed by atoms with E-state index in [9.17, 15) is 4.39 Å². The third-order valence-corrected chi connectivity index (χ3v) is 3.26. The lowest BCUT2D eigenvalue weighted by Gasteiger charge is -2.10. The summed E-state index contributed by atoms with van der Waals surface area (Å²) in [5.74, 6) is 0.104. The normalized spacial score (nSPS) is 10.8. The molecule has 0 unspecified atom stereocenters. The third kappa shape index (κ3) is 1.92. The zero-order chi connectivity index (χ0) is 13.4. The Balaban J connectivity index is 2.36. The van der Waals surface area contributed by atoms with Gasteiger partial charge < -0.3 is 9.72 Å². The van der Waals surface area contributed by atoms with E-state index in [4.69, 9.17) is 17.0 Å². The minimum Gasteiger partial charge on any atom is -0.494 e. The number of methoxy groups -OCH3 is 1. The van der Waals surface area contributed by atoms with Crippen LogP contribution in [0.1, 0.15) is 0 Å². The fraction of sp³-hybridized carbons (Fsp3) is 0.0714. The molecule has 3 nitrogen and oxygen atoms in total. The van der Waals surface area contributed by atoms with Gasteiger partial charge in [0.1, 0.15) is 11.6 Å². The predicted molar refractivity (Wildman–Crippen MR) is 75.0 cm³/mol. The van der Waals surface area contributed by atoms with Gasteiger partial charge in [-0.15, -0.1) is 0 Å². The van der Waals surface area contributed by atoms with E-state index in [-0.39, 0.29) is 5.82 Å². The molecule has 1 aromatic heterocycles. The molecule has 0 saturated carbocycles. The van der Waals surface area contributed by atoms with Crippen molar-refractivity contribution in [1.82, 2.24) is 9.55 Å². The number of fused-ring (bicyclic) bond motifs is 1. The van der Waals surface area contributed by atoms with E-state index in [1.165, 1.54) is 19.2 Å². The van der Waals surface area contributed by atoms with Gasteiger partial charge >= 0.3 is 0 Å². The van der Waals surface area contributed by atoms with Gasteiger partial charge in [-0.2, -0.15) is 0 Å². The molecule has 1 N–H and O–H groups in total. The summed E-state index contributed by atoms with van der Waals surface area (Å²) in [6.45, 7) is 0. The maximum absolute atomic E-state index is 13.3. The first-order valence-corrected chi connectivity index (χ1v) is 6.15. The Morgan fingerprint density at radius 3 is 2.79 bits per heavy atom. The molecule has 0 spiro atoms. The highest BCUT2D eigenvalue weighted by molar-refractivity contribution is 7.71. The number of ether oxygens (including phenoxy) is 1. The Morgan fingerprint density at radius 2 is 2.00 bits per heavy atom.